The minimum absolute atomic E-state index is 0.0495. The summed E-state index contributed by atoms with van der Waals surface area (Å²) in [4.78, 5) is 32.8. The summed E-state index contributed by atoms with van der Waals surface area (Å²) in [5, 5.41) is 7.09. The topological polar surface area (TPSA) is 65.8 Å². The number of hydrogen-bond donors (Lipinski definition) is 1. The first-order chi connectivity index (χ1) is 16.6. The highest BCUT2D eigenvalue weighted by atomic mass is 32.1. The van der Waals surface area contributed by atoms with E-state index in [4.69, 9.17) is 4.42 Å². The largest absolute Gasteiger partial charge is 0.467 e. The fraction of sp³-hybridized carbons (Fsp3) is 0.231. The lowest BCUT2D eigenvalue weighted by Crippen LogP contribution is -2.43. The first kappa shape index (κ1) is 22.6. The van der Waals surface area contributed by atoms with Crippen molar-refractivity contribution >= 4 is 40.2 Å². The molecule has 1 N–H and O–H groups in total. The average Bonchev–Trinajstić information content (AvgIpc) is 3.64. The molecule has 6 nitrogen and oxygen atoms in total. The number of fused-ring (bicyclic) bond motifs is 1. The number of para-hydroxylation sites is 1. The molecule has 0 unspecified atom stereocenters. The molecule has 4 heterocycles. The molecule has 4 aromatic rings. The lowest BCUT2D eigenvalue weighted by Gasteiger charge is -2.36. The number of rotatable bonds is 7. The summed E-state index contributed by atoms with van der Waals surface area (Å²) < 4.78 is 5.30. The maximum absolute atomic E-state index is 13.4. The molecule has 0 bridgehead atoms. The van der Waals surface area contributed by atoms with Crippen LogP contribution in [-0.4, -0.2) is 36.9 Å². The van der Waals surface area contributed by atoms with Crippen LogP contribution in [0.2, 0.25) is 0 Å². The lowest BCUT2D eigenvalue weighted by atomic mass is 9.98. The Kier molecular flexibility index (Phi) is 6.62. The van der Waals surface area contributed by atoms with Crippen molar-refractivity contribution < 1.29 is 14.0 Å². The van der Waals surface area contributed by atoms with Crippen molar-refractivity contribution in [1.82, 2.24) is 10.2 Å². The third kappa shape index (κ3) is 4.57. The predicted molar refractivity (Wildman–Crippen MR) is 135 cm³/mol. The molecule has 5 rings (SSSR count). The highest BCUT2D eigenvalue weighted by molar-refractivity contribution is 7.10. The number of carbonyl (C=O) groups excluding carboxylic acids is 2. The van der Waals surface area contributed by atoms with Gasteiger partial charge in [-0.15, -0.1) is 22.7 Å². The first-order valence-corrected chi connectivity index (χ1v) is 12.9. The van der Waals surface area contributed by atoms with E-state index in [-0.39, 0.29) is 30.9 Å². The molecule has 34 heavy (non-hydrogen) atoms. The van der Waals surface area contributed by atoms with Gasteiger partial charge in [0, 0.05) is 23.3 Å². The molecular formula is C26H25N3O3S2. The number of benzene rings is 1. The number of amides is 2. The zero-order chi connectivity index (χ0) is 23.5. The molecule has 0 radical (unpaired) electrons. The van der Waals surface area contributed by atoms with Gasteiger partial charge >= 0.3 is 0 Å². The Morgan fingerprint density at radius 3 is 2.76 bits per heavy atom. The van der Waals surface area contributed by atoms with Crippen LogP contribution in [0.15, 0.2) is 76.0 Å². The Balaban J connectivity index is 1.33. The summed E-state index contributed by atoms with van der Waals surface area (Å²) in [7, 11) is 1.74. The number of thiophene rings is 2. The summed E-state index contributed by atoms with van der Waals surface area (Å²) in [6.45, 7) is 1.38. The van der Waals surface area contributed by atoms with Gasteiger partial charge in [0.15, 0.2) is 0 Å². The van der Waals surface area contributed by atoms with Crippen molar-refractivity contribution in [3.63, 3.8) is 0 Å². The second kappa shape index (κ2) is 9.97. The number of anilines is 1. The first-order valence-electron chi connectivity index (χ1n) is 11.1. The Labute approximate surface area is 206 Å². The van der Waals surface area contributed by atoms with Crippen LogP contribution in [-0.2, 0) is 17.8 Å². The summed E-state index contributed by atoms with van der Waals surface area (Å²) in [6.07, 6.45) is 2.52. The fourth-order valence-corrected chi connectivity index (χ4v) is 6.15. The minimum atomic E-state index is -0.246. The number of nitrogens with one attached hydrogen (secondary N) is 1. The van der Waals surface area contributed by atoms with Crippen LogP contribution in [0.4, 0.5) is 5.69 Å². The molecule has 1 atom stereocenters. The standard InChI is InChI=1S/C26H25N3O3S2/c1-28(21-8-3-2-7-19(21)26(31)27-16-18-6-4-13-32-18)24(30)17-29-12-10-22-20(11-15-34-22)25(29)23-9-5-14-33-23/h2-9,11,13-15,25H,10,12,16-17H2,1H3,(H,27,31)/t25-/m0/s1. The van der Waals surface area contributed by atoms with Crippen molar-refractivity contribution in [1.29, 1.82) is 0 Å². The van der Waals surface area contributed by atoms with E-state index in [1.807, 2.05) is 18.2 Å². The number of likely N-dealkylation sites (N-methyl/N-ethyl adjacent to an activating group) is 1. The van der Waals surface area contributed by atoms with Gasteiger partial charge in [0.05, 0.1) is 36.6 Å². The zero-order valence-corrected chi connectivity index (χ0v) is 20.4. The second-order valence-corrected chi connectivity index (χ2v) is 10.1. The molecule has 0 saturated carbocycles. The third-order valence-corrected chi connectivity index (χ3v) is 8.03. The van der Waals surface area contributed by atoms with Gasteiger partial charge in [-0.05, 0) is 59.1 Å². The molecular weight excluding hydrogens is 466 g/mol. The van der Waals surface area contributed by atoms with Gasteiger partial charge in [-0.25, -0.2) is 0 Å². The predicted octanol–water partition coefficient (Wildman–Crippen LogP) is 4.94. The molecule has 1 aliphatic rings. The Morgan fingerprint density at radius 1 is 1.09 bits per heavy atom. The monoisotopic (exact) mass is 491 g/mol. The van der Waals surface area contributed by atoms with E-state index in [0.717, 1.165) is 13.0 Å². The van der Waals surface area contributed by atoms with Gasteiger partial charge in [-0.3, -0.25) is 14.5 Å². The van der Waals surface area contributed by atoms with Crippen molar-refractivity contribution in [2.24, 2.45) is 0 Å². The van der Waals surface area contributed by atoms with Gasteiger partial charge in [-0.1, -0.05) is 18.2 Å². The molecule has 1 aliphatic heterocycles. The molecule has 2 amide bonds. The quantitative estimate of drug-likeness (QED) is 0.398. The van der Waals surface area contributed by atoms with E-state index in [0.29, 0.717) is 17.0 Å². The van der Waals surface area contributed by atoms with Crippen LogP contribution >= 0.6 is 22.7 Å². The van der Waals surface area contributed by atoms with E-state index in [1.54, 1.807) is 59.1 Å². The van der Waals surface area contributed by atoms with E-state index in [9.17, 15) is 9.59 Å². The van der Waals surface area contributed by atoms with Gasteiger partial charge in [0.2, 0.25) is 5.91 Å². The van der Waals surface area contributed by atoms with Crippen LogP contribution in [0.1, 0.15) is 37.5 Å². The van der Waals surface area contributed by atoms with Gasteiger partial charge < -0.3 is 14.6 Å². The normalized spacial score (nSPS) is 15.6. The highest BCUT2D eigenvalue weighted by Crippen LogP contribution is 2.39. The number of furan rings is 1. The van der Waals surface area contributed by atoms with Crippen molar-refractivity contribution in [3.05, 3.63) is 98.3 Å². The lowest BCUT2D eigenvalue weighted by molar-refractivity contribution is -0.119. The van der Waals surface area contributed by atoms with Gasteiger partial charge in [0.1, 0.15) is 5.76 Å². The van der Waals surface area contributed by atoms with Gasteiger partial charge in [0.25, 0.3) is 5.91 Å². The SMILES string of the molecule is CN(C(=O)CN1CCc2sccc2[C@H]1c1cccs1)c1ccccc1C(=O)NCc1ccco1. The Bertz CT molecular complexity index is 1260. The summed E-state index contributed by atoms with van der Waals surface area (Å²) >= 11 is 3.51. The van der Waals surface area contributed by atoms with Crippen molar-refractivity contribution in [3.8, 4) is 0 Å². The molecule has 0 saturated heterocycles. The smallest absolute Gasteiger partial charge is 0.253 e. The zero-order valence-electron chi connectivity index (χ0n) is 18.8. The summed E-state index contributed by atoms with van der Waals surface area (Å²) in [6, 6.07) is 17.3. The fourth-order valence-electron chi connectivity index (χ4n) is 4.37. The molecule has 8 heteroatoms. The van der Waals surface area contributed by atoms with E-state index in [1.165, 1.54) is 15.3 Å². The van der Waals surface area contributed by atoms with E-state index in [2.05, 4.69) is 39.2 Å². The molecule has 174 valence electrons. The number of hydrogen-bond acceptors (Lipinski definition) is 6. The Morgan fingerprint density at radius 2 is 1.97 bits per heavy atom. The average molecular weight is 492 g/mol. The molecule has 0 aliphatic carbocycles. The van der Waals surface area contributed by atoms with E-state index < -0.39 is 0 Å². The maximum Gasteiger partial charge on any atom is 0.253 e. The number of nitrogens with zero attached hydrogens (tertiary/aromatic N) is 2. The third-order valence-electron chi connectivity index (χ3n) is 6.10. The molecule has 1 aromatic carbocycles. The van der Waals surface area contributed by atoms with Crippen LogP contribution in [0, 0.1) is 0 Å². The Hall–Kier alpha value is -3.20. The van der Waals surface area contributed by atoms with Crippen LogP contribution < -0.4 is 10.2 Å². The summed E-state index contributed by atoms with van der Waals surface area (Å²) in [5.41, 5.74) is 2.34. The molecule has 3 aromatic heterocycles. The second-order valence-electron chi connectivity index (χ2n) is 8.17. The van der Waals surface area contributed by atoms with Crippen LogP contribution in [0.3, 0.4) is 0 Å². The van der Waals surface area contributed by atoms with E-state index >= 15 is 0 Å². The molecule has 0 spiro atoms. The van der Waals surface area contributed by atoms with Crippen molar-refractivity contribution in [2.75, 3.05) is 25.0 Å². The van der Waals surface area contributed by atoms with Gasteiger partial charge in [-0.2, -0.15) is 0 Å². The summed E-state index contributed by atoms with van der Waals surface area (Å²) in [5.74, 6) is 0.378. The highest BCUT2D eigenvalue weighted by Gasteiger charge is 2.32. The maximum atomic E-state index is 13.4. The van der Waals surface area contributed by atoms with Crippen LogP contribution in [0.25, 0.3) is 0 Å². The van der Waals surface area contributed by atoms with Crippen LogP contribution in [0.5, 0.6) is 0 Å². The van der Waals surface area contributed by atoms with Crippen molar-refractivity contribution in [2.45, 2.75) is 19.0 Å². The molecule has 0 fully saturated rings. The number of carbonyl (C=O) groups is 2. The minimum Gasteiger partial charge on any atom is -0.467 e.